The number of hydrogen-bond acceptors (Lipinski definition) is 2. The molecule has 0 bridgehead atoms. The molecule has 0 amide bonds. The number of halogens is 5. The van der Waals surface area contributed by atoms with E-state index in [1.54, 1.807) is 0 Å². The first-order valence-corrected chi connectivity index (χ1v) is 6.90. The summed E-state index contributed by atoms with van der Waals surface area (Å²) in [5.41, 5.74) is -0.377. The molecule has 0 aromatic heterocycles. The van der Waals surface area contributed by atoms with Gasteiger partial charge in [0.25, 0.3) is 0 Å². The van der Waals surface area contributed by atoms with Crippen LogP contribution in [0.15, 0.2) is 12.1 Å². The molecule has 1 aromatic rings. The van der Waals surface area contributed by atoms with Crippen molar-refractivity contribution in [2.45, 2.75) is 26.8 Å². The Morgan fingerprint density at radius 3 is 1.86 bits per heavy atom. The third kappa shape index (κ3) is 4.75. The third-order valence-electron chi connectivity index (χ3n) is 3.65. The second-order valence-corrected chi connectivity index (χ2v) is 6.34. The van der Waals surface area contributed by atoms with Crippen molar-refractivity contribution >= 4 is 24.8 Å². The summed E-state index contributed by atoms with van der Waals surface area (Å²) in [5.74, 6) is -2.49. The van der Waals surface area contributed by atoms with Crippen molar-refractivity contribution in [3.8, 4) is 0 Å². The summed E-state index contributed by atoms with van der Waals surface area (Å²) < 4.78 is 41.4. The summed E-state index contributed by atoms with van der Waals surface area (Å²) in [5, 5.41) is 3.22. The van der Waals surface area contributed by atoms with Gasteiger partial charge in [0.15, 0.2) is 0 Å². The molecule has 1 atom stereocenters. The summed E-state index contributed by atoms with van der Waals surface area (Å²) in [6.07, 6.45) is 0. The van der Waals surface area contributed by atoms with Crippen molar-refractivity contribution in [1.82, 2.24) is 10.2 Å². The Balaban J connectivity index is 0.00000220. The molecule has 1 aliphatic heterocycles. The van der Waals surface area contributed by atoms with Gasteiger partial charge in [0, 0.05) is 49.9 Å². The molecule has 0 radical (unpaired) electrons. The Morgan fingerprint density at radius 2 is 1.45 bits per heavy atom. The predicted octanol–water partition coefficient (Wildman–Crippen LogP) is 3.94. The Hall–Kier alpha value is -0.490. The molecule has 22 heavy (non-hydrogen) atoms. The molecule has 0 spiro atoms. The van der Waals surface area contributed by atoms with Crippen LogP contribution in [0.1, 0.15) is 32.4 Å². The second-order valence-electron chi connectivity index (χ2n) is 6.34. The van der Waals surface area contributed by atoms with E-state index in [1.807, 2.05) is 20.8 Å². The van der Waals surface area contributed by atoms with E-state index in [0.717, 1.165) is 38.3 Å². The average molecular weight is 359 g/mol. The fraction of sp³-hybridized carbons (Fsp3) is 0.600. The van der Waals surface area contributed by atoms with Crippen molar-refractivity contribution in [2.24, 2.45) is 5.41 Å². The third-order valence-corrected chi connectivity index (χ3v) is 3.65. The standard InChI is InChI=1S/C15H21F3N2.2ClH/c1-15(2,3)14(20-6-4-19-5-7-20)13-11(17)8-10(16)9-12(13)18;;/h8-9,14,19H,4-7H2,1-3H3;2*1H/t14-;;/m1../s1. The van der Waals surface area contributed by atoms with E-state index in [4.69, 9.17) is 0 Å². The Kier molecular flexibility index (Phi) is 8.20. The number of piperazine rings is 1. The van der Waals surface area contributed by atoms with Crippen molar-refractivity contribution in [1.29, 1.82) is 0 Å². The molecule has 0 saturated carbocycles. The molecule has 2 nitrogen and oxygen atoms in total. The van der Waals surface area contributed by atoms with Gasteiger partial charge in [0.1, 0.15) is 17.5 Å². The van der Waals surface area contributed by atoms with Gasteiger partial charge in [-0.15, -0.1) is 24.8 Å². The lowest BCUT2D eigenvalue weighted by Crippen LogP contribution is -2.48. The monoisotopic (exact) mass is 358 g/mol. The Labute approximate surface area is 142 Å². The smallest absolute Gasteiger partial charge is 0.133 e. The quantitative estimate of drug-likeness (QED) is 0.861. The lowest BCUT2D eigenvalue weighted by Gasteiger charge is -2.42. The number of benzene rings is 1. The van der Waals surface area contributed by atoms with Crippen LogP contribution in [-0.2, 0) is 0 Å². The molecule has 1 fully saturated rings. The van der Waals surface area contributed by atoms with Crippen LogP contribution in [0.4, 0.5) is 13.2 Å². The first-order chi connectivity index (χ1) is 9.30. The zero-order valence-electron chi connectivity index (χ0n) is 13.0. The highest BCUT2D eigenvalue weighted by molar-refractivity contribution is 5.85. The zero-order valence-corrected chi connectivity index (χ0v) is 14.6. The fourth-order valence-electron chi connectivity index (χ4n) is 2.92. The van der Waals surface area contributed by atoms with Crippen LogP contribution in [-0.4, -0.2) is 31.1 Å². The van der Waals surface area contributed by atoms with Gasteiger partial charge in [-0.1, -0.05) is 20.8 Å². The van der Waals surface area contributed by atoms with Crippen molar-refractivity contribution in [2.75, 3.05) is 26.2 Å². The van der Waals surface area contributed by atoms with E-state index in [9.17, 15) is 13.2 Å². The summed E-state index contributed by atoms with van der Waals surface area (Å²) in [7, 11) is 0. The van der Waals surface area contributed by atoms with Gasteiger partial charge in [-0.05, 0) is 5.41 Å². The summed E-state index contributed by atoms with van der Waals surface area (Å²) in [6.45, 7) is 8.86. The van der Waals surface area contributed by atoms with E-state index in [0.29, 0.717) is 0 Å². The largest absolute Gasteiger partial charge is 0.314 e. The highest BCUT2D eigenvalue weighted by atomic mass is 35.5. The number of rotatable bonds is 2. The zero-order chi connectivity index (χ0) is 14.9. The average Bonchev–Trinajstić information content (AvgIpc) is 2.33. The van der Waals surface area contributed by atoms with Gasteiger partial charge in [0.2, 0.25) is 0 Å². The summed E-state index contributed by atoms with van der Waals surface area (Å²) in [6, 6.07) is 1.11. The van der Waals surface area contributed by atoms with Crippen LogP contribution >= 0.6 is 24.8 Å². The molecule has 0 aliphatic carbocycles. The molecule has 128 valence electrons. The molecular weight excluding hydrogens is 336 g/mol. The first-order valence-electron chi connectivity index (χ1n) is 6.90. The van der Waals surface area contributed by atoms with E-state index < -0.39 is 23.5 Å². The van der Waals surface area contributed by atoms with Crippen LogP contribution in [0.25, 0.3) is 0 Å². The van der Waals surface area contributed by atoms with Crippen LogP contribution in [0, 0.1) is 22.9 Å². The van der Waals surface area contributed by atoms with Gasteiger partial charge >= 0.3 is 0 Å². The maximum absolute atomic E-state index is 14.1. The van der Waals surface area contributed by atoms with Gasteiger partial charge in [0.05, 0.1) is 0 Å². The second kappa shape index (κ2) is 8.39. The van der Waals surface area contributed by atoms with E-state index >= 15 is 0 Å². The van der Waals surface area contributed by atoms with Gasteiger partial charge in [-0.2, -0.15) is 0 Å². The van der Waals surface area contributed by atoms with Crippen LogP contribution in [0.3, 0.4) is 0 Å². The maximum atomic E-state index is 14.1. The lowest BCUT2D eigenvalue weighted by atomic mass is 9.80. The summed E-state index contributed by atoms with van der Waals surface area (Å²) >= 11 is 0. The molecule has 1 saturated heterocycles. The SMILES string of the molecule is CC(C)(C)[C@@H](c1c(F)cc(F)cc1F)N1CCNCC1.Cl.Cl. The topological polar surface area (TPSA) is 15.3 Å². The van der Waals surface area contributed by atoms with Crippen LogP contribution < -0.4 is 5.32 Å². The Morgan fingerprint density at radius 1 is 1.00 bits per heavy atom. The van der Waals surface area contributed by atoms with E-state index in [1.165, 1.54) is 0 Å². The molecule has 1 N–H and O–H groups in total. The summed E-state index contributed by atoms with van der Waals surface area (Å²) in [4.78, 5) is 2.07. The Bertz CT molecular complexity index is 463. The number of hydrogen-bond donors (Lipinski definition) is 1. The molecule has 7 heteroatoms. The number of nitrogens with zero attached hydrogens (tertiary/aromatic N) is 1. The maximum Gasteiger partial charge on any atom is 0.133 e. The normalized spacial score (nSPS) is 17.4. The molecule has 1 aliphatic rings. The van der Waals surface area contributed by atoms with Crippen molar-refractivity contribution in [3.63, 3.8) is 0 Å². The van der Waals surface area contributed by atoms with E-state index in [2.05, 4.69) is 10.2 Å². The minimum atomic E-state index is -0.878. The van der Waals surface area contributed by atoms with Crippen LogP contribution in [0.2, 0.25) is 0 Å². The fourth-order valence-corrected chi connectivity index (χ4v) is 2.92. The van der Waals surface area contributed by atoms with Crippen molar-refractivity contribution < 1.29 is 13.2 Å². The van der Waals surface area contributed by atoms with Gasteiger partial charge in [-0.25, -0.2) is 13.2 Å². The highest BCUT2D eigenvalue weighted by Crippen LogP contribution is 2.40. The highest BCUT2D eigenvalue weighted by Gasteiger charge is 2.36. The van der Waals surface area contributed by atoms with Crippen molar-refractivity contribution in [3.05, 3.63) is 35.1 Å². The van der Waals surface area contributed by atoms with E-state index in [-0.39, 0.29) is 35.8 Å². The van der Waals surface area contributed by atoms with Crippen LogP contribution in [0.5, 0.6) is 0 Å². The first kappa shape index (κ1) is 21.5. The molecule has 1 aromatic carbocycles. The predicted molar refractivity (Wildman–Crippen MR) is 87.5 cm³/mol. The minimum absolute atomic E-state index is 0. The lowest BCUT2D eigenvalue weighted by molar-refractivity contribution is 0.0803. The minimum Gasteiger partial charge on any atom is -0.314 e. The molecule has 1 heterocycles. The van der Waals surface area contributed by atoms with Gasteiger partial charge in [-0.3, -0.25) is 4.90 Å². The molecular formula is C15H23Cl2F3N2. The van der Waals surface area contributed by atoms with Gasteiger partial charge < -0.3 is 5.32 Å². The molecule has 0 unspecified atom stereocenters. The number of nitrogens with one attached hydrogen (secondary N) is 1. The molecule has 2 rings (SSSR count).